The SMILES string of the molecule is CC1=CN(CC(=O)N2CCN(c3cccc(Cl)c3)CC2)[NH+]([O-])c2nn(-c3ccccc3)c(C)c21. The van der Waals surface area contributed by atoms with E-state index in [0.717, 1.165) is 41.3 Å². The molecule has 176 valence electrons. The molecule has 2 aromatic carbocycles. The zero-order valence-corrected chi connectivity index (χ0v) is 20.0. The summed E-state index contributed by atoms with van der Waals surface area (Å²) in [6.07, 6.45) is 1.77. The minimum Gasteiger partial charge on any atom is -0.601 e. The van der Waals surface area contributed by atoms with Crippen LogP contribution in [0.5, 0.6) is 0 Å². The number of benzene rings is 2. The highest BCUT2D eigenvalue weighted by Gasteiger charge is 2.32. The van der Waals surface area contributed by atoms with Gasteiger partial charge in [0.1, 0.15) is 6.54 Å². The van der Waals surface area contributed by atoms with Gasteiger partial charge in [-0.2, -0.15) is 0 Å². The molecule has 1 atom stereocenters. The number of hydrogen-bond donors (Lipinski definition) is 1. The summed E-state index contributed by atoms with van der Waals surface area (Å²) in [5, 5.41) is 19.8. The third-order valence-corrected chi connectivity index (χ3v) is 6.67. The van der Waals surface area contributed by atoms with Crippen molar-refractivity contribution in [2.24, 2.45) is 0 Å². The van der Waals surface area contributed by atoms with Crippen LogP contribution in [0.1, 0.15) is 18.2 Å². The lowest BCUT2D eigenvalue weighted by Crippen LogP contribution is -3.09. The molecule has 3 heterocycles. The molecule has 5 rings (SSSR count). The summed E-state index contributed by atoms with van der Waals surface area (Å²) in [6.45, 7) is 6.57. The van der Waals surface area contributed by atoms with E-state index in [9.17, 15) is 10.0 Å². The smallest absolute Gasteiger partial charge is 0.277 e. The Balaban J connectivity index is 1.27. The van der Waals surface area contributed by atoms with E-state index in [-0.39, 0.29) is 17.6 Å². The van der Waals surface area contributed by atoms with E-state index >= 15 is 0 Å². The van der Waals surface area contributed by atoms with Crippen molar-refractivity contribution < 1.29 is 9.97 Å². The van der Waals surface area contributed by atoms with E-state index in [1.54, 1.807) is 10.9 Å². The van der Waals surface area contributed by atoms with Crippen molar-refractivity contribution in [2.75, 3.05) is 37.6 Å². The normalized spacial score (nSPS) is 18.1. The molecule has 1 amide bonds. The number of halogens is 1. The molecule has 1 fully saturated rings. The molecule has 9 heteroatoms. The Kier molecular flexibility index (Phi) is 6.03. The molecule has 1 N–H and O–H groups in total. The fraction of sp³-hybridized carbons (Fsp3) is 0.280. The van der Waals surface area contributed by atoms with Gasteiger partial charge in [-0.3, -0.25) is 4.79 Å². The summed E-state index contributed by atoms with van der Waals surface area (Å²) < 4.78 is 1.79. The fourth-order valence-electron chi connectivity index (χ4n) is 4.69. The number of nitrogens with one attached hydrogen (secondary N) is 1. The van der Waals surface area contributed by atoms with Gasteiger partial charge in [0.25, 0.3) is 5.82 Å². The monoisotopic (exact) mass is 478 g/mol. The van der Waals surface area contributed by atoms with Crippen LogP contribution in [0.4, 0.5) is 11.5 Å². The summed E-state index contributed by atoms with van der Waals surface area (Å²) >= 11 is 6.12. The first kappa shape index (κ1) is 22.5. The average molecular weight is 479 g/mol. The van der Waals surface area contributed by atoms with Crippen molar-refractivity contribution in [2.45, 2.75) is 13.8 Å². The molecule has 2 aliphatic rings. The largest absolute Gasteiger partial charge is 0.601 e. The van der Waals surface area contributed by atoms with Gasteiger partial charge in [-0.25, -0.2) is 14.9 Å². The van der Waals surface area contributed by atoms with Gasteiger partial charge in [0, 0.05) is 36.9 Å². The summed E-state index contributed by atoms with van der Waals surface area (Å²) in [6, 6.07) is 17.5. The predicted octanol–water partition coefficient (Wildman–Crippen LogP) is 2.79. The van der Waals surface area contributed by atoms with Crippen LogP contribution in [0, 0.1) is 12.1 Å². The van der Waals surface area contributed by atoms with E-state index in [2.05, 4.69) is 10.00 Å². The maximum atomic E-state index is 13.3. The van der Waals surface area contributed by atoms with Crippen molar-refractivity contribution in [1.82, 2.24) is 19.7 Å². The van der Waals surface area contributed by atoms with Gasteiger partial charge in [-0.05, 0) is 49.8 Å². The molecule has 0 spiro atoms. The van der Waals surface area contributed by atoms with E-state index < -0.39 is 0 Å². The van der Waals surface area contributed by atoms with Crippen molar-refractivity contribution in [1.29, 1.82) is 0 Å². The van der Waals surface area contributed by atoms with Gasteiger partial charge >= 0.3 is 0 Å². The number of allylic oxidation sites excluding steroid dienone is 1. The maximum absolute atomic E-state index is 13.3. The second kappa shape index (κ2) is 9.13. The Bertz CT molecular complexity index is 1230. The molecule has 1 aromatic heterocycles. The predicted molar refractivity (Wildman–Crippen MR) is 133 cm³/mol. The van der Waals surface area contributed by atoms with Crippen molar-refractivity contribution >= 4 is 34.6 Å². The van der Waals surface area contributed by atoms with E-state index in [4.69, 9.17) is 11.6 Å². The number of nitrogens with zero attached hydrogens (tertiary/aromatic N) is 5. The molecule has 0 bridgehead atoms. The van der Waals surface area contributed by atoms with Crippen LogP contribution in [-0.4, -0.2) is 58.3 Å². The zero-order valence-electron chi connectivity index (χ0n) is 19.2. The van der Waals surface area contributed by atoms with Crippen molar-refractivity contribution in [3.8, 4) is 5.69 Å². The molecular formula is C25H27ClN6O2. The third kappa shape index (κ3) is 4.16. The van der Waals surface area contributed by atoms with Crippen molar-refractivity contribution in [3.63, 3.8) is 0 Å². The Labute approximate surface area is 203 Å². The van der Waals surface area contributed by atoms with Crippen LogP contribution in [0.3, 0.4) is 0 Å². The molecule has 34 heavy (non-hydrogen) atoms. The summed E-state index contributed by atoms with van der Waals surface area (Å²) in [7, 11) is 0. The van der Waals surface area contributed by atoms with Crippen molar-refractivity contribution in [3.05, 3.63) is 82.3 Å². The minimum absolute atomic E-state index is 0.00399. The second-order valence-electron chi connectivity index (χ2n) is 8.65. The van der Waals surface area contributed by atoms with Gasteiger partial charge in [0.05, 0.1) is 23.1 Å². The standard InChI is InChI=1S/C25H27ClN6O2/c1-18-16-30(32(34)25-24(18)19(2)31(27-25)21-8-4-3-5-9-21)17-23(33)29-13-11-28(12-14-29)22-10-6-7-20(26)15-22/h3-10,15-16,32H,11-14,17H2,1-2H3. The number of carbonyl (C=O) groups excluding carboxylic acids is 1. The molecule has 3 aromatic rings. The third-order valence-electron chi connectivity index (χ3n) is 6.44. The Hall–Kier alpha value is -3.33. The van der Waals surface area contributed by atoms with E-state index in [1.807, 2.05) is 73.3 Å². The summed E-state index contributed by atoms with van der Waals surface area (Å²) in [4.78, 5) is 17.1. The van der Waals surface area contributed by atoms with Crippen LogP contribution in [0.2, 0.25) is 5.02 Å². The molecule has 1 unspecified atom stereocenters. The maximum Gasteiger partial charge on any atom is 0.277 e. The summed E-state index contributed by atoms with van der Waals surface area (Å²) in [5.74, 6) is 0.325. The number of fused-ring (bicyclic) bond motifs is 1. The first-order valence-corrected chi connectivity index (χ1v) is 11.7. The van der Waals surface area contributed by atoms with E-state index in [0.29, 0.717) is 23.9 Å². The number of aromatic nitrogens is 2. The van der Waals surface area contributed by atoms with E-state index in [1.165, 1.54) is 5.01 Å². The number of carbonyl (C=O) groups is 1. The molecular weight excluding hydrogens is 452 g/mol. The molecule has 2 aliphatic heterocycles. The molecule has 0 aliphatic carbocycles. The van der Waals surface area contributed by atoms with Crippen LogP contribution in [-0.2, 0) is 4.79 Å². The van der Waals surface area contributed by atoms with Crippen LogP contribution in [0.15, 0.2) is 60.8 Å². The number of rotatable bonds is 4. The Morgan fingerprint density at radius 3 is 2.44 bits per heavy atom. The molecule has 0 radical (unpaired) electrons. The lowest BCUT2D eigenvalue weighted by molar-refractivity contribution is -0.903. The number of quaternary nitrogens is 1. The first-order chi connectivity index (χ1) is 16.4. The van der Waals surface area contributed by atoms with Crippen LogP contribution in [0.25, 0.3) is 11.3 Å². The van der Waals surface area contributed by atoms with Gasteiger partial charge in [-0.1, -0.05) is 35.9 Å². The average Bonchev–Trinajstić information content (AvgIpc) is 3.21. The van der Waals surface area contributed by atoms with Gasteiger partial charge in [0.2, 0.25) is 5.91 Å². The minimum atomic E-state index is -0.246. The van der Waals surface area contributed by atoms with Crippen LogP contribution >= 0.6 is 11.6 Å². The summed E-state index contributed by atoms with van der Waals surface area (Å²) in [5.41, 5.74) is 4.63. The lowest BCUT2D eigenvalue weighted by Gasteiger charge is -2.38. The number of piperazine rings is 1. The zero-order chi connectivity index (χ0) is 23.8. The van der Waals surface area contributed by atoms with Gasteiger partial charge in [0.15, 0.2) is 0 Å². The van der Waals surface area contributed by atoms with Crippen LogP contribution < -0.4 is 10.1 Å². The first-order valence-electron chi connectivity index (χ1n) is 11.4. The highest BCUT2D eigenvalue weighted by atomic mass is 35.5. The number of hydrogen-bond acceptors (Lipinski definition) is 5. The highest BCUT2D eigenvalue weighted by molar-refractivity contribution is 6.30. The van der Waals surface area contributed by atoms with Gasteiger partial charge in [-0.15, -0.1) is 5.10 Å². The quantitative estimate of drug-likeness (QED) is 0.584. The topological polar surface area (TPSA) is 72.1 Å². The fourth-order valence-corrected chi connectivity index (χ4v) is 4.87. The lowest BCUT2D eigenvalue weighted by atomic mass is 10.1. The Morgan fingerprint density at radius 1 is 1.03 bits per heavy atom. The highest BCUT2D eigenvalue weighted by Crippen LogP contribution is 2.29. The number of anilines is 1. The number of amides is 1. The Morgan fingerprint density at radius 2 is 1.74 bits per heavy atom. The molecule has 0 saturated carbocycles. The second-order valence-corrected chi connectivity index (χ2v) is 9.09. The van der Waals surface area contributed by atoms with Gasteiger partial charge < -0.3 is 15.0 Å². The number of para-hydroxylation sites is 1. The molecule has 8 nitrogen and oxygen atoms in total. The molecule has 1 saturated heterocycles.